The second kappa shape index (κ2) is 7.63. The Bertz CT molecular complexity index is 517. The zero-order valence-corrected chi connectivity index (χ0v) is 15.1. The van der Waals surface area contributed by atoms with Gasteiger partial charge in [-0.3, -0.25) is 4.79 Å². The number of amides is 2. The maximum Gasteiger partial charge on any atom is 0.408 e. The van der Waals surface area contributed by atoms with E-state index in [1.54, 1.807) is 47.8 Å². The van der Waals surface area contributed by atoms with E-state index in [1.807, 2.05) is 0 Å². The number of esters is 1. The highest BCUT2D eigenvalue weighted by molar-refractivity contribution is 5.87. The minimum Gasteiger partial charge on any atom is -0.458 e. The molecular weight excluding hydrogens is 314 g/mol. The molecule has 0 fully saturated rings. The Labute approximate surface area is 142 Å². The summed E-state index contributed by atoms with van der Waals surface area (Å²) in [6.45, 7) is 10.4. The maximum absolute atomic E-state index is 12.4. The van der Waals surface area contributed by atoms with Gasteiger partial charge in [0.2, 0.25) is 5.91 Å². The lowest BCUT2D eigenvalue weighted by Gasteiger charge is -2.28. The molecule has 1 aliphatic rings. The van der Waals surface area contributed by atoms with E-state index in [2.05, 4.69) is 15.8 Å². The van der Waals surface area contributed by atoms with Gasteiger partial charge in [0.05, 0.1) is 0 Å². The fourth-order valence-electron chi connectivity index (χ4n) is 2.01. The predicted molar refractivity (Wildman–Crippen MR) is 88.4 cm³/mol. The maximum atomic E-state index is 12.4. The standard InChI is InChI=1S/C16H27N3O5/c1-15(2,3)23-13(21)11(18-14(22)24-16(4,5)6)9-10-7-8-17-19-12(10)20/h8,10-11H,7,9H2,1-6H3,(H,18,22)(H,19,20)/t10-,11-/m0/s1. The van der Waals surface area contributed by atoms with E-state index in [-0.39, 0.29) is 12.3 Å². The van der Waals surface area contributed by atoms with E-state index < -0.39 is 35.2 Å². The molecule has 0 aliphatic carbocycles. The van der Waals surface area contributed by atoms with Gasteiger partial charge in [0.15, 0.2) is 0 Å². The number of rotatable bonds is 4. The molecule has 0 aromatic rings. The third-order valence-corrected chi connectivity index (χ3v) is 2.93. The van der Waals surface area contributed by atoms with Crippen molar-refractivity contribution in [1.82, 2.24) is 10.7 Å². The van der Waals surface area contributed by atoms with E-state index in [4.69, 9.17) is 9.47 Å². The third kappa shape index (κ3) is 7.43. The summed E-state index contributed by atoms with van der Waals surface area (Å²) in [6, 6.07) is -0.985. The highest BCUT2D eigenvalue weighted by atomic mass is 16.6. The Morgan fingerprint density at radius 3 is 2.33 bits per heavy atom. The Kier molecular flexibility index (Phi) is 6.34. The van der Waals surface area contributed by atoms with Gasteiger partial charge in [0.1, 0.15) is 17.2 Å². The molecule has 0 unspecified atom stereocenters. The number of nitrogens with zero attached hydrogens (tertiary/aromatic N) is 1. The molecule has 1 rings (SSSR count). The van der Waals surface area contributed by atoms with E-state index in [1.165, 1.54) is 0 Å². The molecule has 1 heterocycles. The molecule has 0 aromatic carbocycles. The SMILES string of the molecule is CC(C)(C)OC(=O)N[C@@H](C[C@@H]1CC=NNC1=O)C(=O)OC(C)(C)C. The van der Waals surface area contributed by atoms with Crippen molar-refractivity contribution in [2.75, 3.05) is 0 Å². The lowest BCUT2D eigenvalue weighted by atomic mass is 9.95. The Balaban J connectivity index is 2.82. The topological polar surface area (TPSA) is 106 Å². The van der Waals surface area contributed by atoms with Crippen LogP contribution in [0.2, 0.25) is 0 Å². The lowest BCUT2D eigenvalue weighted by molar-refractivity contribution is -0.158. The van der Waals surface area contributed by atoms with Crippen molar-refractivity contribution in [2.45, 2.75) is 71.6 Å². The second-order valence-electron chi connectivity index (χ2n) is 7.69. The van der Waals surface area contributed by atoms with Crippen LogP contribution in [-0.4, -0.2) is 41.4 Å². The normalized spacial score (nSPS) is 19.2. The lowest BCUT2D eigenvalue weighted by Crippen LogP contribution is -2.48. The molecule has 8 nitrogen and oxygen atoms in total. The molecular formula is C16H27N3O5. The predicted octanol–water partition coefficient (Wildman–Crippen LogP) is 1.73. The zero-order valence-electron chi connectivity index (χ0n) is 15.1. The monoisotopic (exact) mass is 341 g/mol. The first-order valence-electron chi connectivity index (χ1n) is 7.91. The number of alkyl carbamates (subject to hydrolysis) is 1. The van der Waals surface area contributed by atoms with Crippen LogP contribution in [0, 0.1) is 5.92 Å². The van der Waals surface area contributed by atoms with Crippen LogP contribution in [0.1, 0.15) is 54.4 Å². The van der Waals surface area contributed by atoms with Crippen LogP contribution in [0.15, 0.2) is 5.10 Å². The van der Waals surface area contributed by atoms with Gasteiger partial charge < -0.3 is 14.8 Å². The molecule has 0 aromatic heterocycles. The van der Waals surface area contributed by atoms with E-state index >= 15 is 0 Å². The van der Waals surface area contributed by atoms with Crippen LogP contribution in [0.5, 0.6) is 0 Å². The molecule has 24 heavy (non-hydrogen) atoms. The Morgan fingerprint density at radius 2 is 1.83 bits per heavy atom. The molecule has 2 N–H and O–H groups in total. The summed E-state index contributed by atoms with van der Waals surface area (Å²) in [5.74, 6) is -1.38. The van der Waals surface area contributed by atoms with Gasteiger partial charge in [-0.25, -0.2) is 15.0 Å². The number of nitrogens with one attached hydrogen (secondary N) is 2. The first kappa shape index (κ1) is 19.9. The summed E-state index contributed by atoms with van der Waals surface area (Å²) in [4.78, 5) is 36.2. The first-order chi connectivity index (χ1) is 10.9. The van der Waals surface area contributed by atoms with E-state index in [9.17, 15) is 14.4 Å². The van der Waals surface area contributed by atoms with E-state index in [0.29, 0.717) is 6.42 Å². The number of carbonyl (C=O) groups excluding carboxylic acids is 3. The van der Waals surface area contributed by atoms with Crippen molar-refractivity contribution in [3.8, 4) is 0 Å². The number of carbonyl (C=O) groups is 3. The van der Waals surface area contributed by atoms with Crippen LogP contribution in [0.4, 0.5) is 4.79 Å². The van der Waals surface area contributed by atoms with E-state index in [0.717, 1.165) is 0 Å². The molecule has 0 saturated heterocycles. The summed E-state index contributed by atoms with van der Waals surface area (Å²) in [5.41, 5.74) is 0.947. The summed E-state index contributed by atoms with van der Waals surface area (Å²) >= 11 is 0. The number of hydrogen-bond acceptors (Lipinski definition) is 6. The fourth-order valence-corrected chi connectivity index (χ4v) is 2.01. The van der Waals surface area contributed by atoms with Crippen LogP contribution in [0.3, 0.4) is 0 Å². The van der Waals surface area contributed by atoms with Gasteiger partial charge in [-0.2, -0.15) is 5.10 Å². The summed E-state index contributed by atoms with van der Waals surface area (Å²) in [7, 11) is 0. The molecule has 136 valence electrons. The molecule has 1 aliphatic heterocycles. The first-order valence-corrected chi connectivity index (χ1v) is 7.91. The number of hydrazone groups is 1. The minimum atomic E-state index is -0.985. The number of hydrogen-bond donors (Lipinski definition) is 2. The van der Waals surface area contributed by atoms with Gasteiger partial charge in [0.25, 0.3) is 0 Å². The second-order valence-corrected chi connectivity index (χ2v) is 7.69. The van der Waals surface area contributed by atoms with Crippen molar-refractivity contribution in [3.05, 3.63) is 0 Å². The summed E-state index contributed by atoms with van der Waals surface area (Å²) in [5, 5.41) is 6.18. The van der Waals surface area contributed by atoms with Gasteiger partial charge in [-0.05, 0) is 54.4 Å². The largest absolute Gasteiger partial charge is 0.458 e. The van der Waals surface area contributed by atoms with Gasteiger partial charge in [0, 0.05) is 12.1 Å². The average molecular weight is 341 g/mol. The van der Waals surface area contributed by atoms with Crippen LogP contribution >= 0.6 is 0 Å². The number of ether oxygens (including phenoxy) is 2. The molecule has 0 spiro atoms. The van der Waals surface area contributed by atoms with Crippen molar-refractivity contribution >= 4 is 24.2 Å². The van der Waals surface area contributed by atoms with Crippen molar-refractivity contribution in [1.29, 1.82) is 0 Å². The van der Waals surface area contributed by atoms with Crippen LogP contribution < -0.4 is 10.7 Å². The van der Waals surface area contributed by atoms with Crippen LogP contribution in [0.25, 0.3) is 0 Å². The highest BCUT2D eigenvalue weighted by Gasteiger charge is 2.33. The third-order valence-electron chi connectivity index (χ3n) is 2.93. The summed E-state index contributed by atoms with van der Waals surface area (Å²) in [6.07, 6.45) is 1.32. The highest BCUT2D eigenvalue weighted by Crippen LogP contribution is 2.17. The quantitative estimate of drug-likeness (QED) is 0.758. The smallest absolute Gasteiger partial charge is 0.408 e. The Hall–Kier alpha value is -2.12. The Morgan fingerprint density at radius 1 is 1.25 bits per heavy atom. The van der Waals surface area contributed by atoms with Gasteiger partial charge >= 0.3 is 12.1 Å². The van der Waals surface area contributed by atoms with Gasteiger partial charge in [-0.1, -0.05) is 0 Å². The average Bonchev–Trinajstić information content (AvgIpc) is 2.36. The minimum absolute atomic E-state index is 0.103. The van der Waals surface area contributed by atoms with Gasteiger partial charge in [-0.15, -0.1) is 0 Å². The molecule has 0 radical (unpaired) electrons. The van der Waals surface area contributed by atoms with Crippen LogP contribution in [-0.2, 0) is 19.1 Å². The molecule has 2 amide bonds. The molecule has 2 atom stereocenters. The van der Waals surface area contributed by atoms with Crippen molar-refractivity contribution in [3.63, 3.8) is 0 Å². The van der Waals surface area contributed by atoms with Crippen molar-refractivity contribution in [2.24, 2.45) is 11.0 Å². The molecule has 8 heteroatoms. The van der Waals surface area contributed by atoms with Crippen molar-refractivity contribution < 1.29 is 23.9 Å². The molecule has 0 saturated carbocycles. The summed E-state index contributed by atoms with van der Waals surface area (Å²) < 4.78 is 10.5. The fraction of sp³-hybridized carbons (Fsp3) is 0.750. The molecule has 0 bridgehead atoms. The zero-order chi connectivity index (χ0) is 18.5.